The minimum atomic E-state index is 0.253. The molecule has 3 rings (SSSR count). The van der Waals surface area contributed by atoms with Crippen molar-refractivity contribution in [1.29, 1.82) is 0 Å². The normalized spacial score (nSPS) is 12.5. The van der Waals surface area contributed by atoms with Gasteiger partial charge in [0.15, 0.2) is 11.5 Å². The van der Waals surface area contributed by atoms with Gasteiger partial charge in [0, 0.05) is 22.0 Å². The first-order chi connectivity index (χ1) is 9.28. The highest BCUT2D eigenvalue weighted by atomic mass is 79.9. The molecule has 0 spiro atoms. The summed E-state index contributed by atoms with van der Waals surface area (Å²) in [5, 5.41) is 1.31. The largest absolute Gasteiger partial charge is 0.457 e. The zero-order chi connectivity index (χ0) is 13.2. The lowest BCUT2D eigenvalue weighted by Crippen LogP contribution is -1.93. The fourth-order valence-electron chi connectivity index (χ4n) is 1.83. The van der Waals surface area contributed by atoms with Crippen LogP contribution in [0.3, 0.4) is 0 Å². The van der Waals surface area contributed by atoms with Gasteiger partial charge < -0.3 is 14.2 Å². The van der Waals surface area contributed by atoms with Crippen LogP contribution in [0.25, 0.3) is 0 Å². The van der Waals surface area contributed by atoms with Crippen LogP contribution in [0.1, 0.15) is 5.56 Å². The summed E-state index contributed by atoms with van der Waals surface area (Å²) in [6.45, 7) is 0.253. The number of hydrogen-bond acceptors (Lipinski definition) is 3. The van der Waals surface area contributed by atoms with Crippen LogP contribution in [0.2, 0.25) is 5.02 Å². The summed E-state index contributed by atoms with van der Waals surface area (Å²) >= 11 is 9.55. The number of halogens is 2. The SMILES string of the molecule is Clc1cccc(Oc2ccc3c(c2)OCO3)c1CBr. The Kier molecular flexibility index (Phi) is 3.53. The molecule has 0 aromatic heterocycles. The van der Waals surface area contributed by atoms with Gasteiger partial charge in [-0.15, -0.1) is 0 Å². The lowest BCUT2D eigenvalue weighted by molar-refractivity contribution is 0.174. The van der Waals surface area contributed by atoms with E-state index in [1.54, 1.807) is 6.07 Å². The Bertz CT molecular complexity index is 616. The summed E-state index contributed by atoms with van der Waals surface area (Å²) in [5.41, 5.74) is 0.918. The number of hydrogen-bond donors (Lipinski definition) is 0. The molecular weight excluding hydrogens is 332 g/mol. The molecule has 0 bridgehead atoms. The second kappa shape index (κ2) is 5.31. The van der Waals surface area contributed by atoms with E-state index in [1.807, 2.05) is 30.3 Å². The fourth-order valence-corrected chi connectivity index (χ4v) is 2.80. The third-order valence-corrected chi connectivity index (χ3v) is 3.70. The van der Waals surface area contributed by atoms with Crippen molar-refractivity contribution in [2.75, 3.05) is 6.79 Å². The van der Waals surface area contributed by atoms with E-state index in [9.17, 15) is 0 Å². The zero-order valence-electron chi connectivity index (χ0n) is 9.86. The van der Waals surface area contributed by atoms with Crippen LogP contribution in [-0.4, -0.2) is 6.79 Å². The van der Waals surface area contributed by atoms with Crippen molar-refractivity contribution in [3.05, 3.63) is 47.0 Å². The molecule has 98 valence electrons. The summed E-state index contributed by atoms with van der Waals surface area (Å²) in [4.78, 5) is 0. The summed E-state index contributed by atoms with van der Waals surface area (Å²) in [6.07, 6.45) is 0. The Balaban J connectivity index is 1.91. The van der Waals surface area contributed by atoms with Crippen molar-refractivity contribution < 1.29 is 14.2 Å². The van der Waals surface area contributed by atoms with Crippen LogP contribution < -0.4 is 14.2 Å². The number of fused-ring (bicyclic) bond motifs is 1. The van der Waals surface area contributed by atoms with E-state index < -0.39 is 0 Å². The monoisotopic (exact) mass is 340 g/mol. The Morgan fingerprint density at radius 3 is 2.84 bits per heavy atom. The molecule has 1 heterocycles. The average Bonchev–Trinajstić information content (AvgIpc) is 2.86. The first-order valence-electron chi connectivity index (χ1n) is 5.69. The molecule has 19 heavy (non-hydrogen) atoms. The van der Waals surface area contributed by atoms with Crippen molar-refractivity contribution in [3.8, 4) is 23.0 Å². The van der Waals surface area contributed by atoms with Gasteiger partial charge in [-0.1, -0.05) is 33.6 Å². The number of rotatable bonds is 3. The van der Waals surface area contributed by atoms with E-state index >= 15 is 0 Å². The van der Waals surface area contributed by atoms with Gasteiger partial charge >= 0.3 is 0 Å². The summed E-state index contributed by atoms with van der Waals surface area (Å²) in [7, 11) is 0. The molecule has 2 aromatic carbocycles. The molecule has 0 fully saturated rings. The lowest BCUT2D eigenvalue weighted by Gasteiger charge is -2.11. The van der Waals surface area contributed by atoms with Crippen LogP contribution in [0.5, 0.6) is 23.0 Å². The van der Waals surface area contributed by atoms with Gasteiger partial charge in [-0.2, -0.15) is 0 Å². The summed E-state index contributed by atoms with van der Waals surface area (Å²) in [5.74, 6) is 2.84. The molecule has 0 amide bonds. The third kappa shape index (κ3) is 2.51. The molecule has 1 aliphatic rings. The Labute approximate surface area is 124 Å². The Hall–Kier alpha value is -1.39. The van der Waals surface area contributed by atoms with E-state index in [0.717, 1.165) is 17.1 Å². The maximum absolute atomic E-state index is 6.13. The van der Waals surface area contributed by atoms with E-state index in [1.165, 1.54) is 0 Å². The fraction of sp³-hybridized carbons (Fsp3) is 0.143. The van der Waals surface area contributed by atoms with Crippen molar-refractivity contribution in [2.24, 2.45) is 0 Å². The van der Waals surface area contributed by atoms with Gasteiger partial charge in [0.05, 0.1) is 0 Å². The molecule has 1 aliphatic heterocycles. The van der Waals surface area contributed by atoms with Crippen molar-refractivity contribution >= 4 is 27.5 Å². The van der Waals surface area contributed by atoms with E-state index in [2.05, 4.69) is 15.9 Å². The van der Waals surface area contributed by atoms with E-state index in [4.69, 9.17) is 25.8 Å². The first kappa shape index (κ1) is 12.6. The first-order valence-corrected chi connectivity index (χ1v) is 7.19. The van der Waals surface area contributed by atoms with Gasteiger partial charge in [0.1, 0.15) is 11.5 Å². The van der Waals surface area contributed by atoms with Crippen molar-refractivity contribution in [1.82, 2.24) is 0 Å². The molecule has 2 aromatic rings. The highest BCUT2D eigenvalue weighted by Crippen LogP contribution is 2.38. The number of benzene rings is 2. The van der Waals surface area contributed by atoms with Gasteiger partial charge in [-0.3, -0.25) is 0 Å². The standard InChI is InChI=1S/C14H10BrClO3/c15-7-10-11(16)2-1-3-12(10)19-9-4-5-13-14(6-9)18-8-17-13/h1-6H,7-8H2. The zero-order valence-corrected chi connectivity index (χ0v) is 12.2. The predicted molar refractivity (Wildman–Crippen MR) is 76.7 cm³/mol. The second-order valence-corrected chi connectivity index (χ2v) is 4.94. The smallest absolute Gasteiger partial charge is 0.231 e. The molecular formula is C14H10BrClO3. The number of alkyl halides is 1. The molecule has 5 heteroatoms. The highest BCUT2D eigenvalue weighted by Gasteiger charge is 2.15. The van der Waals surface area contributed by atoms with Crippen LogP contribution in [0.4, 0.5) is 0 Å². The second-order valence-electron chi connectivity index (χ2n) is 3.97. The molecule has 0 atom stereocenters. The van der Waals surface area contributed by atoms with Crippen LogP contribution in [0, 0.1) is 0 Å². The lowest BCUT2D eigenvalue weighted by atomic mass is 10.2. The molecule has 0 saturated carbocycles. The quantitative estimate of drug-likeness (QED) is 0.754. The van der Waals surface area contributed by atoms with Gasteiger partial charge in [0.2, 0.25) is 6.79 Å². The van der Waals surface area contributed by atoms with Crippen molar-refractivity contribution in [3.63, 3.8) is 0 Å². The summed E-state index contributed by atoms with van der Waals surface area (Å²) in [6, 6.07) is 11.1. The topological polar surface area (TPSA) is 27.7 Å². The van der Waals surface area contributed by atoms with E-state index in [-0.39, 0.29) is 6.79 Å². The molecule has 0 N–H and O–H groups in total. The van der Waals surface area contributed by atoms with Crippen LogP contribution in [-0.2, 0) is 5.33 Å². The molecule has 0 saturated heterocycles. The van der Waals surface area contributed by atoms with Crippen molar-refractivity contribution in [2.45, 2.75) is 5.33 Å². The Morgan fingerprint density at radius 2 is 2.00 bits per heavy atom. The van der Waals surface area contributed by atoms with E-state index in [0.29, 0.717) is 21.9 Å². The molecule has 3 nitrogen and oxygen atoms in total. The van der Waals surface area contributed by atoms with Gasteiger partial charge in [0.25, 0.3) is 0 Å². The van der Waals surface area contributed by atoms with Crippen LogP contribution in [0.15, 0.2) is 36.4 Å². The maximum atomic E-state index is 6.13. The average molecular weight is 342 g/mol. The van der Waals surface area contributed by atoms with Gasteiger partial charge in [-0.25, -0.2) is 0 Å². The highest BCUT2D eigenvalue weighted by molar-refractivity contribution is 9.08. The van der Waals surface area contributed by atoms with Gasteiger partial charge in [-0.05, 0) is 24.3 Å². The number of ether oxygens (including phenoxy) is 3. The minimum absolute atomic E-state index is 0.253. The third-order valence-electron chi connectivity index (χ3n) is 2.78. The predicted octanol–water partition coefficient (Wildman–Crippen LogP) is 4.76. The molecule has 0 radical (unpaired) electrons. The maximum Gasteiger partial charge on any atom is 0.231 e. The minimum Gasteiger partial charge on any atom is -0.457 e. The molecule has 0 unspecified atom stereocenters. The Morgan fingerprint density at radius 1 is 1.16 bits per heavy atom. The summed E-state index contributed by atoms with van der Waals surface area (Å²) < 4.78 is 16.4. The molecule has 0 aliphatic carbocycles. The van der Waals surface area contributed by atoms with Crippen LogP contribution >= 0.6 is 27.5 Å².